The Morgan fingerprint density at radius 2 is 2.36 bits per heavy atom. The Hall–Kier alpha value is -0.803. The second-order valence-electron chi connectivity index (χ2n) is 2.38. The predicted octanol–water partition coefficient (Wildman–Crippen LogP) is 0.917. The van der Waals surface area contributed by atoms with Crippen LogP contribution in [0.3, 0.4) is 0 Å². The fraction of sp³-hybridized carbons (Fsp3) is 0.250. The Balaban J connectivity index is 2.56. The van der Waals surface area contributed by atoms with Crippen LogP contribution < -0.4 is 5.73 Å². The zero-order chi connectivity index (χ0) is 8.10. The predicted molar refractivity (Wildman–Crippen MR) is 50.1 cm³/mol. The van der Waals surface area contributed by atoms with Crippen LogP contribution in [-0.2, 0) is 11.0 Å². The molecule has 11 heavy (non-hydrogen) atoms. The number of rotatable bonds is 3. The molecule has 1 rings (SSSR count). The van der Waals surface area contributed by atoms with Crippen LogP contribution in [0.4, 0.5) is 5.69 Å². The van der Waals surface area contributed by atoms with Gasteiger partial charge in [0.05, 0.1) is 6.61 Å². The van der Waals surface area contributed by atoms with Gasteiger partial charge in [0.1, 0.15) is 0 Å². The molecule has 0 bridgehead atoms. The van der Waals surface area contributed by atoms with Gasteiger partial charge in [-0.1, -0.05) is 18.7 Å². The van der Waals surface area contributed by atoms with Gasteiger partial charge >= 0.3 is 0 Å². The van der Waals surface area contributed by atoms with E-state index < -0.39 is 0 Å². The summed E-state index contributed by atoms with van der Waals surface area (Å²) in [5.41, 5.74) is 7.56. The highest BCUT2D eigenvalue weighted by Gasteiger charge is 1.91. The van der Waals surface area contributed by atoms with Gasteiger partial charge in [-0.3, -0.25) is 0 Å². The Morgan fingerprint density at radius 3 is 3.00 bits per heavy atom. The topological polar surface area (TPSA) is 35.2 Å². The van der Waals surface area contributed by atoms with Crippen LogP contribution in [0.2, 0.25) is 6.55 Å². The highest BCUT2D eigenvalue weighted by molar-refractivity contribution is 6.24. The van der Waals surface area contributed by atoms with Crippen LogP contribution in [0.15, 0.2) is 24.3 Å². The van der Waals surface area contributed by atoms with Gasteiger partial charge in [-0.05, 0) is 17.7 Å². The van der Waals surface area contributed by atoms with Crippen molar-refractivity contribution in [3.63, 3.8) is 0 Å². The molecular weight excluding hydrogens is 154 g/mol. The van der Waals surface area contributed by atoms with Crippen molar-refractivity contribution in [2.75, 3.05) is 5.73 Å². The van der Waals surface area contributed by atoms with E-state index in [4.69, 9.17) is 10.2 Å². The lowest BCUT2D eigenvalue weighted by molar-refractivity contribution is 0.327. The first-order valence-corrected chi connectivity index (χ1v) is 5.74. The summed E-state index contributed by atoms with van der Waals surface area (Å²) in [6.45, 7) is 2.83. The molecule has 1 aromatic rings. The summed E-state index contributed by atoms with van der Waals surface area (Å²) in [5.74, 6) is 0. The molecule has 0 aliphatic rings. The molecule has 2 nitrogen and oxygen atoms in total. The minimum Gasteiger partial charge on any atom is -0.420 e. The molecule has 2 N–H and O–H groups in total. The third-order valence-corrected chi connectivity index (χ3v) is 2.04. The van der Waals surface area contributed by atoms with E-state index in [1.165, 1.54) is 5.56 Å². The number of hydrogen-bond donors (Lipinski definition) is 1. The van der Waals surface area contributed by atoms with E-state index in [0.717, 1.165) is 5.69 Å². The molecule has 0 aliphatic carbocycles. The maximum Gasteiger partial charge on any atom is 0.159 e. The Labute approximate surface area is 69.3 Å². The number of anilines is 1. The monoisotopic (exact) mass is 167 g/mol. The minimum absolute atomic E-state index is 0.283. The first kappa shape index (κ1) is 8.29. The van der Waals surface area contributed by atoms with Crippen molar-refractivity contribution in [1.82, 2.24) is 0 Å². The van der Waals surface area contributed by atoms with Gasteiger partial charge in [0.25, 0.3) is 0 Å². The molecule has 0 unspecified atom stereocenters. The summed E-state index contributed by atoms with van der Waals surface area (Å²) in [4.78, 5) is 0. The van der Waals surface area contributed by atoms with Crippen molar-refractivity contribution in [2.45, 2.75) is 13.2 Å². The Bertz CT molecular complexity index is 227. The lowest BCUT2D eigenvalue weighted by Gasteiger charge is -2.01. The third-order valence-electron chi connectivity index (χ3n) is 1.42. The molecule has 0 amide bonds. The highest BCUT2D eigenvalue weighted by Crippen LogP contribution is 2.06. The summed E-state index contributed by atoms with van der Waals surface area (Å²) in [5, 5.41) is 0. The molecule has 60 valence electrons. The largest absolute Gasteiger partial charge is 0.420 e. The zero-order valence-electron chi connectivity index (χ0n) is 6.71. The van der Waals surface area contributed by atoms with Crippen LogP contribution in [-0.4, -0.2) is 9.76 Å². The lowest BCUT2D eigenvalue weighted by atomic mass is 10.2. The highest BCUT2D eigenvalue weighted by atomic mass is 28.2. The van der Waals surface area contributed by atoms with Crippen LogP contribution in [0.1, 0.15) is 5.56 Å². The number of hydrogen-bond acceptors (Lipinski definition) is 2. The smallest absolute Gasteiger partial charge is 0.159 e. The number of nitrogen functional groups attached to an aromatic ring is 1. The van der Waals surface area contributed by atoms with Crippen molar-refractivity contribution in [3.8, 4) is 0 Å². The van der Waals surface area contributed by atoms with Crippen LogP contribution in [0, 0.1) is 0 Å². The van der Waals surface area contributed by atoms with Crippen molar-refractivity contribution in [2.24, 2.45) is 0 Å². The fourth-order valence-corrected chi connectivity index (χ4v) is 1.34. The van der Waals surface area contributed by atoms with Crippen LogP contribution >= 0.6 is 0 Å². The van der Waals surface area contributed by atoms with Gasteiger partial charge in [0.2, 0.25) is 0 Å². The molecule has 0 atom stereocenters. The maximum absolute atomic E-state index is 5.59. The quantitative estimate of drug-likeness (QED) is 0.536. The van der Waals surface area contributed by atoms with E-state index >= 15 is 0 Å². The van der Waals surface area contributed by atoms with E-state index in [2.05, 4.69) is 6.55 Å². The average Bonchev–Trinajstić information content (AvgIpc) is 2.01. The Kier molecular flexibility index (Phi) is 3.13. The zero-order valence-corrected chi connectivity index (χ0v) is 8.12. The second kappa shape index (κ2) is 4.15. The fourth-order valence-electron chi connectivity index (χ4n) is 0.903. The summed E-state index contributed by atoms with van der Waals surface area (Å²) in [6, 6.07) is 7.81. The van der Waals surface area contributed by atoms with E-state index in [1.54, 1.807) is 0 Å². The standard InChI is InChI=1S/C8H13NOSi/c1-11-10-6-7-3-2-4-8(9)5-7/h2-5H,6,9,11H2,1H3. The van der Waals surface area contributed by atoms with Crippen LogP contribution in [0.25, 0.3) is 0 Å². The maximum atomic E-state index is 5.59. The average molecular weight is 167 g/mol. The first-order valence-electron chi connectivity index (χ1n) is 3.75. The molecular formula is C8H13NOSi. The van der Waals surface area contributed by atoms with E-state index in [9.17, 15) is 0 Å². The lowest BCUT2D eigenvalue weighted by Crippen LogP contribution is -1.95. The SMILES string of the molecule is C[SiH2]OCc1cccc(N)c1. The van der Waals surface area contributed by atoms with E-state index in [1.807, 2.05) is 24.3 Å². The number of nitrogens with two attached hydrogens (primary N) is 1. The van der Waals surface area contributed by atoms with Gasteiger partial charge in [0, 0.05) is 5.69 Å². The van der Waals surface area contributed by atoms with Crippen molar-refractivity contribution in [1.29, 1.82) is 0 Å². The molecule has 0 radical (unpaired) electrons. The molecule has 0 saturated carbocycles. The summed E-state index contributed by atoms with van der Waals surface area (Å²) in [6.07, 6.45) is 0. The summed E-state index contributed by atoms with van der Waals surface area (Å²) >= 11 is 0. The molecule has 0 heterocycles. The minimum atomic E-state index is -0.283. The van der Waals surface area contributed by atoms with Gasteiger partial charge in [-0.2, -0.15) is 0 Å². The van der Waals surface area contributed by atoms with Crippen molar-refractivity contribution < 1.29 is 4.43 Å². The first-order chi connectivity index (χ1) is 5.33. The van der Waals surface area contributed by atoms with Gasteiger partial charge in [-0.15, -0.1) is 0 Å². The molecule has 0 aliphatic heterocycles. The molecule has 3 heteroatoms. The Morgan fingerprint density at radius 1 is 1.55 bits per heavy atom. The molecule has 0 aromatic heterocycles. The molecule has 0 spiro atoms. The van der Waals surface area contributed by atoms with Crippen LogP contribution in [0.5, 0.6) is 0 Å². The third kappa shape index (κ3) is 2.74. The second-order valence-corrected chi connectivity index (χ2v) is 3.37. The van der Waals surface area contributed by atoms with E-state index in [-0.39, 0.29) is 9.76 Å². The van der Waals surface area contributed by atoms with Crippen molar-refractivity contribution >= 4 is 15.5 Å². The van der Waals surface area contributed by atoms with Crippen molar-refractivity contribution in [3.05, 3.63) is 29.8 Å². The van der Waals surface area contributed by atoms with Gasteiger partial charge in [0.15, 0.2) is 9.76 Å². The molecule has 0 saturated heterocycles. The number of benzene rings is 1. The van der Waals surface area contributed by atoms with Gasteiger partial charge < -0.3 is 10.2 Å². The molecule has 1 aromatic carbocycles. The summed E-state index contributed by atoms with van der Waals surface area (Å²) < 4.78 is 5.36. The normalized spacial score (nSPS) is 11.0. The molecule has 0 fully saturated rings. The van der Waals surface area contributed by atoms with Gasteiger partial charge in [-0.25, -0.2) is 0 Å². The summed E-state index contributed by atoms with van der Waals surface area (Å²) in [7, 11) is -0.283. The van der Waals surface area contributed by atoms with E-state index in [0.29, 0.717) is 6.61 Å².